The van der Waals surface area contributed by atoms with Gasteiger partial charge in [-0.25, -0.2) is 21.6 Å². The monoisotopic (exact) mass is 460 g/mol. The minimum Gasteiger partial charge on any atom is -0.435 e. The number of hydrogen-bond acceptors (Lipinski definition) is 6. The SMILES string of the molecule is O=C(NS(=O)(=O)c1ccc(S(=O)(=O)N2CCCC2)cc1)c1ccc(OC(F)F)cc1. The van der Waals surface area contributed by atoms with Crippen LogP contribution in [0.15, 0.2) is 58.3 Å². The summed E-state index contributed by atoms with van der Waals surface area (Å²) >= 11 is 0. The van der Waals surface area contributed by atoms with Crippen LogP contribution in [0.2, 0.25) is 0 Å². The summed E-state index contributed by atoms with van der Waals surface area (Å²) in [6.45, 7) is -2.19. The number of nitrogens with zero attached hydrogens (tertiary/aromatic N) is 1. The number of ether oxygens (including phenoxy) is 1. The van der Waals surface area contributed by atoms with Crippen molar-refractivity contribution in [1.29, 1.82) is 0 Å². The van der Waals surface area contributed by atoms with Crippen LogP contribution in [0.1, 0.15) is 23.2 Å². The second-order valence-electron chi connectivity index (χ2n) is 6.42. The number of sulfonamides is 2. The zero-order valence-corrected chi connectivity index (χ0v) is 17.1. The van der Waals surface area contributed by atoms with Gasteiger partial charge in [0.2, 0.25) is 10.0 Å². The number of halogens is 2. The molecule has 1 heterocycles. The number of hydrogen-bond donors (Lipinski definition) is 1. The Bertz CT molecular complexity index is 1110. The second-order valence-corrected chi connectivity index (χ2v) is 10.0. The molecule has 1 aliphatic heterocycles. The highest BCUT2D eigenvalue weighted by Crippen LogP contribution is 2.22. The standard InChI is InChI=1S/C18H18F2N2O6S2/c19-18(20)28-14-5-3-13(4-6-14)17(23)21-29(24,25)15-7-9-16(10-8-15)30(26,27)22-11-1-2-12-22/h3-10,18H,1-2,11-12H2,(H,21,23). The fourth-order valence-electron chi connectivity index (χ4n) is 2.90. The molecule has 0 saturated carbocycles. The molecule has 12 heteroatoms. The lowest BCUT2D eigenvalue weighted by Crippen LogP contribution is -2.31. The molecule has 1 aliphatic rings. The topological polar surface area (TPSA) is 110 Å². The van der Waals surface area contributed by atoms with Crippen molar-refractivity contribution >= 4 is 26.0 Å². The van der Waals surface area contributed by atoms with Gasteiger partial charge in [0.1, 0.15) is 5.75 Å². The number of amides is 1. The molecule has 2 aromatic rings. The van der Waals surface area contributed by atoms with Gasteiger partial charge < -0.3 is 4.74 Å². The van der Waals surface area contributed by atoms with Gasteiger partial charge in [-0.2, -0.15) is 13.1 Å². The van der Waals surface area contributed by atoms with Gasteiger partial charge in [-0.05, 0) is 61.4 Å². The van der Waals surface area contributed by atoms with Gasteiger partial charge in [-0.3, -0.25) is 4.79 Å². The van der Waals surface area contributed by atoms with Gasteiger partial charge in [-0.1, -0.05) is 0 Å². The van der Waals surface area contributed by atoms with Crippen molar-refractivity contribution in [2.45, 2.75) is 29.2 Å². The summed E-state index contributed by atoms with van der Waals surface area (Å²) in [7, 11) is -7.97. The first kappa shape index (κ1) is 22.1. The van der Waals surface area contributed by atoms with Gasteiger partial charge in [0.15, 0.2) is 0 Å². The molecule has 1 saturated heterocycles. The first-order chi connectivity index (χ1) is 14.1. The number of benzene rings is 2. The van der Waals surface area contributed by atoms with E-state index in [4.69, 9.17) is 0 Å². The number of carbonyl (C=O) groups excluding carboxylic acids is 1. The summed E-state index contributed by atoms with van der Waals surface area (Å²) in [5.74, 6) is -1.16. The number of alkyl halides is 2. The Balaban J connectivity index is 1.73. The van der Waals surface area contributed by atoms with Crippen LogP contribution in [0.3, 0.4) is 0 Å². The third kappa shape index (κ3) is 4.94. The first-order valence-electron chi connectivity index (χ1n) is 8.82. The van der Waals surface area contributed by atoms with Gasteiger partial charge in [0, 0.05) is 18.7 Å². The zero-order valence-electron chi connectivity index (χ0n) is 15.5. The van der Waals surface area contributed by atoms with E-state index < -0.39 is 32.6 Å². The van der Waals surface area contributed by atoms with Crippen LogP contribution in [0.25, 0.3) is 0 Å². The van der Waals surface area contributed by atoms with Crippen LogP contribution >= 0.6 is 0 Å². The Morgan fingerprint density at radius 1 is 0.900 bits per heavy atom. The van der Waals surface area contributed by atoms with E-state index in [1.807, 2.05) is 4.72 Å². The number of nitrogens with one attached hydrogen (secondary N) is 1. The van der Waals surface area contributed by atoms with E-state index in [0.29, 0.717) is 13.1 Å². The molecule has 0 bridgehead atoms. The van der Waals surface area contributed by atoms with E-state index in [2.05, 4.69) is 4.74 Å². The molecular formula is C18H18F2N2O6S2. The first-order valence-corrected chi connectivity index (χ1v) is 11.7. The zero-order chi connectivity index (χ0) is 21.9. The molecule has 1 N–H and O–H groups in total. The highest BCUT2D eigenvalue weighted by molar-refractivity contribution is 7.90. The highest BCUT2D eigenvalue weighted by atomic mass is 32.2. The highest BCUT2D eigenvalue weighted by Gasteiger charge is 2.28. The van der Waals surface area contributed by atoms with Crippen LogP contribution in [-0.4, -0.2) is 46.7 Å². The van der Waals surface area contributed by atoms with Crippen LogP contribution in [0.4, 0.5) is 8.78 Å². The molecule has 1 fully saturated rings. The Morgan fingerprint density at radius 2 is 1.43 bits per heavy atom. The fourth-order valence-corrected chi connectivity index (χ4v) is 5.39. The lowest BCUT2D eigenvalue weighted by Gasteiger charge is -2.15. The van der Waals surface area contributed by atoms with Gasteiger partial charge >= 0.3 is 6.61 Å². The Morgan fingerprint density at radius 3 is 1.97 bits per heavy atom. The van der Waals surface area contributed by atoms with Crippen molar-refractivity contribution in [1.82, 2.24) is 9.03 Å². The largest absolute Gasteiger partial charge is 0.435 e. The molecular weight excluding hydrogens is 442 g/mol. The smallest absolute Gasteiger partial charge is 0.387 e. The number of rotatable bonds is 7. The van der Waals surface area contributed by atoms with E-state index in [9.17, 15) is 30.4 Å². The summed E-state index contributed by atoms with van der Waals surface area (Å²) in [4.78, 5) is 11.9. The predicted octanol–water partition coefficient (Wildman–Crippen LogP) is 2.19. The van der Waals surface area contributed by atoms with E-state index in [1.54, 1.807) is 0 Å². The second kappa shape index (κ2) is 8.66. The number of carbonyl (C=O) groups is 1. The molecule has 3 rings (SSSR count). The average Bonchev–Trinajstić information content (AvgIpc) is 3.23. The molecule has 30 heavy (non-hydrogen) atoms. The molecule has 1 amide bonds. The fraction of sp³-hybridized carbons (Fsp3) is 0.278. The van der Waals surface area contributed by atoms with Gasteiger partial charge in [0.25, 0.3) is 15.9 Å². The third-order valence-corrected chi connectivity index (χ3v) is 7.67. The van der Waals surface area contributed by atoms with Crippen LogP contribution in [0.5, 0.6) is 5.75 Å². The summed E-state index contributed by atoms with van der Waals surface area (Å²) in [6.07, 6.45) is 1.54. The maximum Gasteiger partial charge on any atom is 0.387 e. The maximum absolute atomic E-state index is 12.5. The molecule has 162 valence electrons. The summed E-state index contributed by atoms with van der Waals surface area (Å²) < 4.78 is 81.5. The van der Waals surface area contributed by atoms with Crippen molar-refractivity contribution in [3.8, 4) is 5.75 Å². The molecule has 0 aromatic heterocycles. The Labute approximate surface area is 172 Å². The van der Waals surface area contributed by atoms with E-state index in [0.717, 1.165) is 49.2 Å². The molecule has 0 atom stereocenters. The van der Waals surface area contributed by atoms with E-state index in [-0.39, 0.29) is 21.1 Å². The molecule has 0 spiro atoms. The van der Waals surface area contributed by atoms with Crippen LogP contribution in [0, 0.1) is 0 Å². The van der Waals surface area contributed by atoms with Crippen molar-refractivity contribution in [2.75, 3.05) is 13.1 Å². The normalized spacial score (nSPS) is 15.3. The lowest BCUT2D eigenvalue weighted by molar-refractivity contribution is -0.0498. The van der Waals surface area contributed by atoms with Crippen molar-refractivity contribution in [3.05, 3.63) is 54.1 Å². The van der Waals surface area contributed by atoms with Gasteiger partial charge in [0.05, 0.1) is 9.79 Å². The van der Waals surface area contributed by atoms with Crippen molar-refractivity contribution < 1.29 is 35.1 Å². The summed E-state index contributed by atoms with van der Waals surface area (Å²) in [6, 6.07) is 9.00. The quantitative estimate of drug-likeness (QED) is 0.678. The molecule has 0 unspecified atom stereocenters. The maximum atomic E-state index is 12.5. The van der Waals surface area contributed by atoms with E-state index >= 15 is 0 Å². The minimum atomic E-state index is -4.28. The van der Waals surface area contributed by atoms with Gasteiger partial charge in [-0.15, -0.1) is 0 Å². The Hall–Kier alpha value is -2.57. The predicted molar refractivity (Wildman–Crippen MR) is 102 cm³/mol. The Kier molecular flexibility index (Phi) is 6.38. The lowest BCUT2D eigenvalue weighted by atomic mass is 10.2. The van der Waals surface area contributed by atoms with Crippen LogP contribution < -0.4 is 9.46 Å². The van der Waals surface area contributed by atoms with Crippen LogP contribution in [-0.2, 0) is 20.0 Å². The molecule has 8 nitrogen and oxygen atoms in total. The summed E-state index contributed by atoms with van der Waals surface area (Å²) in [5.41, 5.74) is -0.0894. The molecule has 2 aromatic carbocycles. The average molecular weight is 460 g/mol. The minimum absolute atomic E-state index is 0.0377. The van der Waals surface area contributed by atoms with Crippen molar-refractivity contribution in [2.24, 2.45) is 0 Å². The summed E-state index contributed by atoms with van der Waals surface area (Å²) in [5, 5.41) is 0. The molecule has 0 aliphatic carbocycles. The molecule has 0 radical (unpaired) electrons. The third-order valence-electron chi connectivity index (χ3n) is 4.41. The van der Waals surface area contributed by atoms with Crippen molar-refractivity contribution in [3.63, 3.8) is 0 Å². The van der Waals surface area contributed by atoms with E-state index in [1.165, 1.54) is 16.4 Å².